The van der Waals surface area contributed by atoms with Crippen LogP contribution < -0.4 is 10.7 Å². The first-order valence-corrected chi connectivity index (χ1v) is 9.93. The number of halogens is 1. The molecule has 1 heterocycles. The standard InChI is InChI=1S/C24H18BrNO3/c1-14-11-15(2)23-18(12-14)21(27)13-22(29-23)16-7-9-17(10-8-16)24(28)26-20-6-4-3-5-19(20)25/h3-13H,1-2H3,(H,26,28). The van der Waals surface area contributed by atoms with Crippen LogP contribution in [-0.2, 0) is 0 Å². The zero-order valence-corrected chi connectivity index (χ0v) is 17.5. The van der Waals surface area contributed by atoms with Crippen LogP contribution in [0.5, 0.6) is 0 Å². The molecule has 0 aliphatic carbocycles. The molecule has 0 radical (unpaired) electrons. The van der Waals surface area contributed by atoms with E-state index in [1.807, 2.05) is 50.2 Å². The zero-order valence-electron chi connectivity index (χ0n) is 16.0. The van der Waals surface area contributed by atoms with Gasteiger partial charge in [-0.1, -0.05) is 30.3 Å². The summed E-state index contributed by atoms with van der Waals surface area (Å²) in [5, 5.41) is 3.45. The van der Waals surface area contributed by atoms with Crippen LogP contribution in [0.3, 0.4) is 0 Å². The van der Waals surface area contributed by atoms with Crippen molar-refractivity contribution in [3.63, 3.8) is 0 Å². The molecule has 4 rings (SSSR count). The molecule has 4 nitrogen and oxygen atoms in total. The molecule has 4 aromatic rings. The molecule has 0 aliphatic heterocycles. The monoisotopic (exact) mass is 447 g/mol. The van der Waals surface area contributed by atoms with Crippen LogP contribution in [0.1, 0.15) is 21.5 Å². The first-order chi connectivity index (χ1) is 13.9. The Hall–Kier alpha value is -3.18. The third-order valence-electron chi connectivity index (χ3n) is 4.71. The van der Waals surface area contributed by atoms with E-state index in [0.717, 1.165) is 21.2 Å². The number of nitrogens with one attached hydrogen (secondary N) is 1. The van der Waals surface area contributed by atoms with E-state index in [1.165, 1.54) is 6.07 Å². The van der Waals surface area contributed by atoms with Crippen LogP contribution in [0.4, 0.5) is 5.69 Å². The minimum Gasteiger partial charge on any atom is -0.456 e. The van der Waals surface area contributed by atoms with E-state index in [-0.39, 0.29) is 11.3 Å². The molecule has 0 saturated heterocycles. The van der Waals surface area contributed by atoms with E-state index < -0.39 is 0 Å². The fourth-order valence-electron chi connectivity index (χ4n) is 3.29. The van der Waals surface area contributed by atoms with Gasteiger partial charge in [0.15, 0.2) is 5.43 Å². The maximum absolute atomic E-state index is 12.6. The second-order valence-corrected chi connectivity index (χ2v) is 7.80. The molecule has 5 heteroatoms. The predicted octanol–water partition coefficient (Wildman–Crippen LogP) is 6.09. The van der Waals surface area contributed by atoms with E-state index in [1.54, 1.807) is 24.3 Å². The number of carbonyl (C=O) groups is 1. The fraction of sp³-hybridized carbons (Fsp3) is 0.0833. The molecule has 0 aliphatic rings. The van der Waals surface area contributed by atoms with Gasteiger partial charge in [-0.3, -0.25) is 9.59 Å². The van der Waals surface area contributed by atoms with Crippen molar-refractivity contribution in [2.45, 2.75) is 13.8 Å². The van der Waals surface area contributed by atoms with Crippen LogP contribution in [0.2, 0.25) is 0 Å². The highest BCUT2D eigenvalue weighted by Crippen LogP contribution is 2.26. The number of anilines is 1. The van der Waals surface area contributed by atoms with E-state index in [0.29, 0.717) is 28.0 Å². The molecule has 0 spiro atoms. The lowest BCUT2D eigenvalue weighted by Crippen LogP contribution is -2.12. The normalized spacial score (nSPS) is 10.9. The summed E-state index contributed by atoms with van der Waals surface area (Å²) in [6.07, 6.45) is 0. The minimum absolute atomic E-state index is 0.0798. The second kappa shape index (κ2) is 7.68. The van der Waals surface area contributed by atoms with Crippen LogP contribution in [0.25, 0.3) is 22.3 Å². The number of para-hydroxylation sites is 1. The van der Waals surface area contributed by atoms with E-state index >= 15 is 0 Å². The van der Waals surface area contributed by atoms with Crippen molar-refractivity contribution in [1.29, 1.82) is 0 Å². The van der Waals surface area contributed by atoms with Crippen molar-refractivity contribution in [1.82, 2.24) is 0 Å². The average molecular weight is 448 g/mol. The van der Waals surface area contributed by atoms with Crippen molar-refractivity contribution < 1.29 is 9.21 Å². The van der Waals surface area contributed by atoms with Crippen molar-refractivity contribution in [2.24, 2.45) is 0 Å². The first kappa shape index (κ1) is 19.2. The van der Waals surface area contributed by atoms with Gasteiger partial charge in [0.1, 0.15) is 11.3 Å². The number of benzene rings is 3. The van der Waals surface area contributed by atoms with E-state index in [9.17, 15) is 9.59 Å². The third kappa shape index (κ3) is 3.87. The molecule has 29 heavy (non-hydrogen) atoms. The molecule has 0 bridgehead atoms. The Morgan fingerprint density at radius 2 is 1.69 bits per heavy atom. The van der Waals surface area contributed by atoms with Crippen LogP contribution in [-0.4, -0.2) is 5.91 Å². The van der Waals surface area contributed by atoms with Crippen molar-refractivity contribution in [3.8, 4) is 11.3 Å². The van der Waals surface area contributed by atoms with Gasteiger partial charge in [0.25, 0.3) is 5.91 Å². The lowest BCUT2D eigenvalue weighted by molar-refractivity contribution is 0.102. The summed E-state index contributed by atoms with van der Waals surface area (Å²) < 4.78 is 6.83. The molecule has 0 fully saturated rings. The number of hydrogen-bond donors (Lipinski definition) is 1. The number of carbonyl (C=O) groups excluding carboxylic acids is 1. The molecule has 0 atom stereocenters. The van der Waals surface area contributed by atoms with Gasteiger partial charge in [-0.05, 0) is 71.2 Å². The van der Waals surface area contributed by atoms with Gasteiger partial charge in [0, 0.05) is 21.7 Å². The summed E-state index contributed by atoms with van der Waals surface area (Å²) in [6, 6.07) is 19.7. The van der Waals surface area contributed by atoms with Gasteiger partial charge in [-0.2, -0.15) is 0 Å². The Labute approximate surface area is 176 Å². The lowest BCUT2D eigenvalue weighted by Gasteiger charge is -2.09. The highest BCUT2D eigenvalue weighted by atomic mass is 79.9. The number of amides is 1. The number of aryl methyl sites for hydroxylation is 2. The van der Waals surface area contributed by atoms with Gasteiger partial charge in [-0.25, -0.2) is 0 Å². The van der Waals surface area contributed by atoms with Crippen LogP contribution in [0.15, 0.2) is 80.4 Å². The summed E-state index contributed by atoms with van der Waals surface area (Å²) in [6.45, 7) is 3.88. The molecule has 1 aromatic heterocycles. The molecule has 1 amide bonds. The van der Waals surface area contributed by atoms with Crippen LogP contribution in [0, 0.1) is 13.8 Å². The molecular weight excluding hydrogens is 430 g/mol. The van der Waals surface area contributed by atoms with E-state index in [4.69, 9.17) is 4.42 Å². The number of hydrogen-bond acceptors (Lipinski definition) is 3. The Morgan fingerprint density at radius 1 is 0.966 bits per heavy atom. The van der Waals surface area contributed by atoms with Crippen LogP contribution >= 0.6 is 15.9 Å². The highest BCUT2D eigenvalue weighted by Gasteiger charge is 2.12. The number of fused-ring (bicyclic) bond motifs is 1. The van der Waals surface area contributed by atoms with Crippen molar-refractivity contribution >= 4 is 38.5 Å². The topological polar surface area (TPSA) is 59.3 Å². The Kier molecular flexibility index (Phi) is 5.07. The molecular formula is C24H18BrNO3. The average Bonchev–Trinajstić information content (AvgIpc) is 2.70. The quantitative estimate of drug-likeness (QED) is 0.413. The van der Waals surface area contributed by atoms with Gasteiger partial charge >= 0.3 is 0 Å². The lowest BCUT2D eigenvalue weighted by atomic mass is 10.1. The van der Waals surface area contributed by atoms with Gasteiger partial charge < -0.3 is 9.73 Å². The molecule has 0 saturated carbocycles. The SMILES string of the molecule is Cc1cc(C)c2oc(-c3ccc(C(=O)Nc4ccccc4Br)cc3)cc(=O)c2c1. The third-order valence-corrected chi connectivity index (χ3v) is 5.40. The summed E-state index contributed by atoms with van der Waals surface area (Å²) in [5.41, 5.74) is 4.41. The molecule has 144 valence electrons. The second-order valence-electron chi connectivity index (χ2n) is 6.94. The number of rotatable bonds is 3. The Morgan fingerprint density at radius 3 is 2.41 bits per heavy atom. The highest BCUT2D eigenvalue weighted by molar-refractivity contribution is 9.10. The smallest absolute Gasteiger partial charge is 0.255 e. The largest absolute Gasteiger partial charge is 0.456 e. The first-order valence-electron chi connectivity index (χ1n) is 9.14. The predicted molar refractivity (Wildman–Crippen MR) is 119 cm³/mol. The van der Waals surface area contributed by atoms with Gasteiger partial charge in [-0.15, -0.1) is 0 Å². The van der Waals surface area contributed by atoms with E-state index in [2.05, 4.69) is 21.2 Å². The summed E-state index contributed by atoms with van der Waals surface area (Å²) in [4.78, 5) is 25.1. The van der Waals surface area contributed by atoms with Gasteiger partial charge in [0.05, 0.1) is 11.1 Å². The summed E-state index contributed by atoms with van der Waals surface area (Å²) in [5.74, 6) is 0.266. The van der Waals surface area contributed by atoms with Crippen molar-refractivity contribution in [3.05, 3.63) is 98.1 Å². The molecule has 3 aromatic carbocycles. The Bertz CT molecular complexity index is 1290. The van der Waals surface area contributed by atoms with Gasteiger partial charge in [0.2, 0.25) is 0 Å². The minimum atomic E-state index is -0.213. The Balaban J connectivity index is 1.65. The fourth-order valence-corrected chi connectivity index (χ4v) is 3.68. The maximum atomic E-state index is 12.6. The molecule has 0 unspecified atom stereocenters. The zero-order chi connectivity index (χ0) is 20.5. The van der Waals surface area contributed by atoms with Crippen molar-refractivity contribution in [2.75, 3.05) is 5.32 Å². The maximum Gasteiger partial charge on any atom is 0.255 e. The summed E-state index contributed by atoms with van der Waals surface area (Å²) >= 11 is 3.42. The molecule has 1 N–H and O–H groups in total. The summed E-state index contributed by atoms with van der Waals surface area (Å²) in [7, 11) is 0.